The van der Waals surface area contributed by atoms with Crippen LogP contribution < -0.4 is 5.73 Å². The summed E-state index contributed by atoms with van der Waals surface area (Å²) in [5.74, 6) is -0.304. The van der Waals surface area contributed by atoms with E-state index < -0.39 is 11.5 Å². The minimum atomic E-state index is -0.755. The Morgan fingerprint density at radius 1 is 1.39 bits per heavy atom. The van der Waals surface area contributed by atoms with Crippen LogP contribution in [-0.2, 0) is 9.53 Å². The molecule has 2 aromatic rings. The SMILES string of the molecule is COC(=O)C(C)(C)[C@H](N)c1ccc2cc[nH]c2c1. The zero-order valence-electron chi connectivity index (χ0n) is 10.9. The molecule has 0 saturated heterocycles. The summed E-state index contributed by atoms with van der Waals surface area (Å²) in [7, 11) is 1.38. The lowest BCUT2D eigenvalue weighted by Gasteiger charge is -2.28. The first kappa shape index (κ1) is 12.6. The summed E-state index contributed by atoms with van der Waals surface area (Å²) < 4.78 is 4.80. The highest BCUT2D eigenvalue weighted by molar-refractivity contribution is 5.81. The summed E-state index contributed by atoms with van der Waals surface area (Å²) in [6.45, 7) is 3.59. The third kappa shape index (κ3) is 1.99. The topological polar surface area (TPSA) is 68.1 Å². The molecular weight excluding hydrogens is 228 g/mol. The summed E-state index contributed by atoms with van der Waals surface area (Å²) in [6, 6.07) is 7.51. The minimum Gasteiger partial charge on any atom is -0.469 e. The summed E-state index contributed by atoms with van der Waals surface area (Å²) in [6.07, 6.45) is 1.88. The summed E-state index contributed by atoms with van der Waals surface area (Å²) >= 11 is 0. The molecule has 1 aromatic heterocycles. The van der Waals surface area contributed by atoms with Crippen LogP contribution in [0.4, 0.5) is 0 Å². The maximum Gasteiger partial charge on any atom is 0.313 e. The van der Waals surface area contributed by atoms with Crippen LogP contribution in [0.5, 0.6) is 0 Å². The molecule has 1 heterocycles. The van der Waals surface area contributed by atoms with E-state index >= 15 is 0 Å². The Kier molecular flexibility index (Phi) is 3.13. The number of nitrogens with one attached hydrogen (secondary N) is 1. The predicted octanol–water partition coefficient (Wildman–Crippen LogP) is 2.37. The largest absolute Gasteiger partial charge is 0.469 e. The van der Waals surface area contributed by atoms with E-state index in [9.17, 15) is 4.79 Å². The number of rotatable bonds is 3. The molecule has 18 heavy (non-hydrogen) atoms. The smallest absolute Gasteiger partial charge is 0.313 e. The van der Waals surface area contributed by atoms with Gasteiger partial charge in [0, 0.05) is 17.8 Å². The third-order valence-corrected chi connectivity index (χ3v) is 3.43. The Balaban J connectivity index is 2.38. The zero-order valence-corrected chi connectivity index (χ0v) is 10.9. The summed E-state index contributed by atoms with van der Waals surface area (Å²) in [5.41, 5.74) is 7.37. The quantitative estimate of drug-likeness (QED) is 0.817. The lowest BCUT2D eigenvalue weighted by molar-refractivity contribution is -0.152. The van der Waals surface area contributed by atoms with E-state index in [-0.39, 0.29) is 5.97 Å². The third-order valence-electron chi connectivity index (χ3n) is 3.43. The molecular formula is C14H18N2O2. The van der Waals surface area contributed by atoms with Gasteiger partial charge in [0.1, 0.15) is 0 Å². The van der Waals surface area contributed by atoms with Gasteiger partial charge in [-0.3, -0.25) is 4.79 Å². The van der Waals surface area contributed by atoms with Crippen LogP contribution in [-0.4, -0.2) is 18.1 Å². The molecule has 0 fully saturated rings. The number of carbonyl (C=O) groups excluding carboxylic acids is 1. The minimum absolute atomic E-state index is 0.304. The number of esters is 1. The second-order valence-electron chi connectivity index (χ2n) is 5.02. The van der Waals surface area contributed by atoms with Crippen molar-refractivity contribution in [2.24, 2.45) is 11.1 Å². The number of carbonyl (C=O) groups is 1. The van der Waals surface area contributed by atoms with Crippen LogP contribution in [0.25, 0.3) is 10.9 Å². The van der Waals surface area contributed by atoms with Gasteiger partial charge in [-0.1, -0.05) is 12.1 Å². The van der Waals surface area contributed by atoms with E-state index in [0.717, 1.165) is 16.5 Å². The van der Waals surface area contributed by atoms with Gasteiger partial charge in [-0.2, -0.15) is 0 Å². The number of aromatic amines is 1. The average Bonchev–Trinajstić information content (AvgIpc) is 2.83. The molecule has 0 unspecified atom stereocenters. The Bertz CT molecular complexity index is 572. The standard InChI is InChI=1S/C14H18N2O2/c1-14(2,13(17)18-3)12(15)10-5-4-9-6-7-16-11(9)8-10/h4-8,12,16H,15H2,1-3H3/t12-/m1/s1. The highest BCUT2D eigenvalue weighted by Gasteiger charge is 2.36. The summed E-state index contributed by atoms with van der Waals surface area (Å²) in [5, 5.41) is 1.13. The second-order valence-corrected chi connectivity index (χ2v) is 5.02. The molecule has 0 radical (unpaired) electrons. The first-order chi connectivity index (χ1) is 8.46. The fraction of sp³-hybridized carbons (Fsp3) is 0.357. The maximum absolute atomic E-state index is 11.8. The van der Waals surface area contributed by atoms with Crippen LogP contribution >= 0.6 is 0 Å². The molecule has 4 nitrogen and oxygen atoms in total. The van der Waals surface area contributed by atoms with E-state index in [0.29, 0.717) is 0 Å². The molecule has 0 bridgehead atoms. The van der Waals surface area contributed by atoms with Crippen molar-refractivity contribution in [3.05, 3.63) is 36.0 Å². The van der Waals surface area contributed by atoms with Gasteiger partial charge in [-0.05, 0) is 36.9 Å². The van der Waals surface area contributed by atoms with Crippen molar-refractivity contribution < 1.29 is 9.53 Å². The highest BCUT2D eigenvalue weighted by Crippen LogP contribution is 2.33. The van der Waals surface area contributed by atoms with E-state index in [4.69, 9.17) is 10.5 Å². The van der Waals surface area contributed by atoms with Gasteiger partial charge in [0.05, 0.1) is 12.5 Å². The number of aromatic nitrogens is 1. The Labute approximate surface area is 106 Å². The molecule has 2 rings (SSSR count). The number of ether oxygens (including phenoxy) is 1. The molecule has 3 N–H and O–H groups in total. The molecule has 0 saturated carbocycles. The molecule has 0 spiro atoms. The lowest BCUT2D eigenvalue weighted by Crippen LogP contribution is -2.37. The van der Waals surface area contributed by atoms with Crippen molar-refractivity contribution in [1.82, 2.24) is 4.98 Å². The number of hydrogen-bond donors (Lipinski definition) is 2. The van der Waals surface area contributed by atoms with Gasteiger partial charge in [0.15, 0.2) is 0 Å². The van der Waals surface area contributed by atoms with Gasteiger partial charge in [0.25, 0.3) is 0 Å². The van der Waals surface area contributed by atoms with Crippen molar-refractivity contribution in [3.8, 4) is 0 Å². The van der Waals surface area contributed by atoms with Crippen molar-refractivity contribution in [1.29, 1.82) is 0 Å². The highest BCUT2D eigenvalue weighted by atomic mass is 16.5. The molecule has 1 atom stereocenters. The molecule has 96 valence electrons. The van der Waals surface area contributed by atoms with Crippen molar-refractivity contribution >= 4 is 16.9 Å². The fourth-order valence-corrected chi connectivity index (χ4v) is 2.07. The number of benzene rings is 1. The van der Waals surface area contributed by atoms with Gasteiger partial charge < -0.3 is 15.5 Å². The van der Waals surface area contributed by atoms with Crippen molar-refractivity contribution in [3.63, 3.8) is 0 Å². The summed E-state index contributed by atoms with van der Waals surface area (Å²) in [4.78, 5) is 14.9. The first-order valence-electron chi connectivity index (χ1n) is 5.88. The Morgan fingerprint density at radius 2 is 2.11 bits per heavy atom. The van der Waals surface area contributed by atoms with Gasteiger partial charge in [-0.15, -0.1) is 0 Å². The molecule has 0 amide bonds. The maximum atomic E-state index is 11.8. The van der Waals surface area contributed by atoms with Crippen LogP contribution in [0.1, 0.15) is 25.5 Å². The van der Waals surface area contributed by atoms with Crippen molar-refractivity contribution in [2.75, 3.05) is 7.11 Å². The van der Waals surface area contributed by atoms with Crippen LogP contribution in [0.3, 0.4) is 0 Å². The monoisotopic (exact) mass is 246 g/mol. The van der Waals surface area contributed by atoms with Crippen LogP contribution in [0.15, 0.2) is 30.5 Å². The number of fused-ring (bicyclic) bond motifs is 1. The van der Waals surface area contributed by atoms with E-state index in [2.05, 4.69) is 4.98 Å². The van der Waals surface area contributed by atoms with E-state index in [1.165, 1.54) is 7.11 Å². The number of hydrogen-bond acceptors (Lipinski definition) is 3. The first-order valence-corrected chi connectivity index (χ1v) is 5.88. The van der Waals surface area contributed by atoms with Gasteiger partial charge in [0.2, 0.25) is 0 Å². The van der Waals surface area contributed by atoms with Crippen LogP contribution in [0.2, 0.25) is 0 Å². The van der Waals surface area contributed by atoms with Gasteiger partial charge >= 0.3 is 5.97 Å². The number of H-pyrrole nitrogens is 1. The molecule has 0 aliphatic rings. The van der Waals surface area contributed by atoms with Crippen LogP contribution in [0, 0.1) is 5.41 Å². The fourth-order valence-electron chi connectivity index (χ4n) is 2.07. The molecule has 0 aliphatic heterocycles. The Morgan fingerprint density at radius 3 is 2.78 bits per heavy atom. The molecule has 4 heteroatoms. The predicted molar refractivity (Wildman–Crippen MR) is 71.0 cm³/mol. The average molecular weight is 246 g/mol. The molecule has 1 aromatic carbocycles. The van der Waals surface area contributed by atoms with E-state index in [1.54, 1.807) is 13.8 Å². The normalized spacial score (nSPS) is 13.6. The zero-order chi connectivity index (χ0) is 13.3. The van der Waals surface area contributed by atoms with Gasteiger partial charge in [-0.25, -0.2) is 0 Å². The lowest BCUT2D eigenvalue weighted by atomic mass is 9.81. The van der Waals surface area contributed by atoms with E-state index in [1.807, 2.05) is 30.5 Å². The number of nitrogens with two attached hydrogens (primary N) is 1. The Hall–Kier alpha value is -1.81. The second kappa shape index (κ2) is 4.46. The number of methoxy groups -OCH3 is 1. The molecule has 0 aliphatic carbocycles. The van der Waals surface area contributed by atoms with Crippen molar-refractivity contribution in [2.45, 2.75) is 19.9 Å².